The highest BCUT2D eigenvalue weighted by atomic mass is 16.5. The summed E-state index contributed by atoms with van der Waals surface area (Å²) in [6.45, 7) is 3.65. The third-order valence-corrected chi connectivity index (χ3v) is 1.96. The van der Waals surface area contributed by atoms with Gasteiger partial charge in [-0.25, -0.2) is 4.98 Å². The smallest absolute Gasteiger partial charge is 0.217 e. The number of rotatable bonds is 0. The summed E-state index contributed by atoms with van der Waals surface area (Å²) >= 11 is 0. The predicted octanol–water partition coefficient (Wildman–Crippen LogP) is 0.952. The molecule has 0 aliphatic carbocycles. The first-order valence-electron chi connectivity index (χ1n) is 4.16. The van der Waals surface area contributed by atoms with Crippen molar-refractivity contribution in [2.24, 2.45) is 0 Å². The average molecular weight is 164 g/mol. The molecule has 0 amide bonds. The fraction of sp³-hybridized carbons (Fsp3) is 0.444. The summed E-state index contributed by atoms with van der Waals surface area (Å²) in [5.41, 5.74) is 1.14. The van der Waals surface area contributed by atoms with Crippen LogP contribution >= 0.6 is 0 Å². The van der Waals surface area contributed by atoms with Gasteiger partial charge in [0, 0.05) is 24.3 Å². The van der Waals surface area contributed by atoms with Crippen LogP contribution < -0.4 is 10.1 Å². The van der Waals surface area contributed by atoms with E-state index in [1.54, 1.807) is 6.20 Å². The zero-order valence-electron chi connectivity index (χ0n) is 7.08. The van der Waals surface area contributed by atoms with E-state index in [0.29, 0.717) is 12.6 Å². The second-order valence-electron chi connectivity index (χ2n) is 3.06. The van der Waals surface area contributed by atoms with Crippen molar-refractivity contribution >= 4 is 0 Å². The van der Waals surface area contributed by atoms with Gasteiger partial charge in [-0.05, 0) is 13.0 Å². The molecule has 1 atom stereocenters. The standard InChI is InChI=1S/C9H12N2O/c1-7-6-12-9-8(5-11-7)3-2-4-10-9/h2-4,7,11H,5-6H2,1H3/t7-/m1/s1. The fourth-order valence-corrected chi connectivity index (χ4v) is 1.24. The molecule has 2 rings (SSSR count). The zero-order valence-corrected chi connectivity index (χ0v) is 7.08. The van der Waals surface area contributed by atoms with E-state index in [4.69, 9.17) is 4.74 Å². The molecule has 3 nitrogen and oxygen atoms in total. The molecular formula is C9H12N2O. The molecule has 3 heteroatoms. The molecule has 0 radical (unpaired) electrons. The van der Waals surface area contributed by atoms with Crippen LogP contribution in [0.25, 0.3) is 0 Å². The number of nitrogens with zero attached hydrogens (tertiary/aromatic N) is 1. The highest BCUT2D eigenvalue weighted by Crippen LogP contribution is 2.16. The lowest BCUT2D eigenvalue weighted by Crippen LogP contribution is -2.28. The van der Waals surface area contributed by atoms with Gasteiger partial charge in [-0.2, -0.15) is 0 Å². The van der Waals surface area contributed by atoms with Crippen LogP contribution in [0.3, 0.4) is 0 Å². The van der Waals surface area contributed by atoms with Crippen molar-refractivity contribution in [2.75, 3.05) is 6.61 Å². The first-order valence-corrected chi connectivity index (χ1v) is 4.16. The minimum absolute atomic E-state index is 0.402. The van der Waals surface area contributed by atoms with Gasteiger partial charge in [0.25, 0.3) is 0 Å². The number of fused-ring (bicyclic) bond motifs is 1. The van der Waals surface area contributed by atoms with E-state index in [0.717, 1.165) is 18.0 Å². The number of aromatic nitrogens is 1. The van der Waals surface area contributed by atoms with Crippen LogP contribution in [-0.4, -0.2) is 17.6 Å². The molecule has 1 aromatic rings. The lowest BCUT2D eigenvalue weighted by Gasteiger charge is -2.06. The van der Waals surface area contributed by atoms with Crippen LogP contribution in [0.2, 0.25) is 0 Å². The van der Waals surface area contributed by atoms with Crippen LogP contribution in [0, 0.1) is 0 Å². The maximum atomic E-state index is 5.49. The van der Waals surface area contributed by atoms with Crippen LogP contribution in [0.5, 0.6) is 5.88 Å². The maximum Gasteiger partial charge on any atom is 0.217 e. The monoisotopic (exact) mass is 164 g/mol. The Hall–Kier alpha value is -1.09. The summed E-state index contributed by atoms with van der Waals surface area (Å²) in [5.74, 6) is 0.773. The Balaban J connectivity index is 2.26. The van der Waals surface area contributed by atoms with Gasteiger partial charge >= 0.3 is 0 Å². The summed E-state index contributed by atoms with van der Waals surface area (Å²) in [6, 6.07) is 4.37. The molecule has 1 aliphatic rings. The van der Waals surface area contributed by atoms with E-state index in [2.05, 4.69) is 17.2 Å². The molecule has 1 aliphatic heterocycles. The number of pyridine rings is 1. The summed E-state index contributed by atoms with van der Waals surface area (Å²) in [5, 5.41) is 3.34. The number of hydrogen-bond donors (Lipinski definition) is 1. The second-order valence-corrected chi connectivity index (χ2v) is 3.06. The van der Waals surface area contributed by atoms with Crippen molar-refractivity contribution in [2.45, 2.75) is 19.5 Å². The van der Waals surface area contributed by atoms with Crippen molar-refractivity contribution in [3.05, 3.63) is 23.9 Å². The quantitative estimate of drug-likeness (QED) is 0.620. The third kappa shape index (κ3) is 1.41. The second kappa shape index (κ2) is 3.11. The molecule has 1 N–H and O–H groups in total. The van der Waals surface area contributed by atoms with Crippen molar-refractivity contribution in [3.8, 4) is 5.88 Å². The zero-order chi connectivity index (χ0) is 8.39. The summed E-state index contributed by atoms with van der Waals surface area (Å²) in [7, 11) is 0. The minimum atomic E-state index is 0.402. The molecular weight excluding hydrogens is 152 g/mol. The summed E-state index contributed by atoms with van der Waals surface area (Å²) < 4.78 is 5.49. The van der Waals surface area contributed by atoms with Crippen molar-refractivity contribution in [1.82, 2.24) is 10.3 Å². The van der Waals surface area contributed by atoms with Gasteiger partial charge in [0.2, 0.25) is 5.88 Å². The van der Waals surface area contributed by atoms with Crippen molar-refractivity contribution in [1.29, 1.82) is 0 Å². The van der Waals surface area contributed by atoms with Gasteiger partial charge in [0.05, 0.1) is 0 Å². The molecule has 0 aromatic carbocycles. The Kier molecular flexibility index (Phi) is 1.96. The molecule has 0 bridgehead atoms. The van der Waals surface area contributed by atoms with Crippen LogP contribution in [0.1, 0.15) is 12.5 Å². The highest BCUT2D eigenvalue weighted by molar-refractivity contribution is 5.26. The Labute approximate surface area is 71.8 Å². The van der Waals surface area contributed by atoms with E-state index in [1.165, 1.54) is 0 Å². The number of ether oxygens (including phenoxy) is 1. The number of nitrogens with one attached hydrogen (secondary N) is 1. The largest absolute Gasteiger partial charge is 0.476 e. The molecule has 64 valence electrons. The van der Waals surface area contributed by atoms with Gasteiger partial charge in [-0.3, -0.25) is 0 Å². The first kappa shape index (κ1) is 7.55. The molecule has 2 heterocycles. The molecule has 1 aromatic heterocycles. The van der Waals surface area contributed by atoms with Gasteiger partial charge in [-0.15, -0.1) is 0 Å². The Morgan fingerprint density at radius 2 is 2.58 bits per heavy atom. The van der Waals surface area contributed by atoms with Gasteiger partial charge in [0.1, 0.15) is 6.61 Å². The molecule has 0 saturated heterocycles. The van der Waals surface area contributed by atoms with Crippen molar-refractivity contribution in [3.63, 3.8) is 0 Å². The van der Waals surface area contributed by atoms with E-state index in [-0.39, 0.29) is 0 Å². The molecule has 0 spiro atoms. The summed E-state index contributed by atoms with van der Waals surface area (Å²) in [6.07, 6.45) is 1.76. The van der Waals surface area contributed by atoms with Gasteiger partial charge in [0.15, 0.2) is 0 Å². The Bertz CT molecular complexity index is 248. The topological polar surface area (TPSA) is 34.1 Å². The maximum absolute atomic E-state index is 5.49. The molecule has 12 heavy (non-hydrogen) atoms. The lowest BCUT2D eigenvalue weighted by atomic mass is 10.2. The van der Waals surface area contributed by atoms with E-state index in [9.17, 15) is 0 Å². The Morgan fingerprint density at radius 3 is 3.50 bits per heavy atom. The van der Waals surface area contributed by atoms with Gasteiger partial charge in [-0.1, -0.05) is 6.07 Å². The van der Waals surface area contributed by atoms with Crippen LogP contribution in [0.15, 0.2) is 18.3 Å². The fourth-order valence-electron chi connectivity index (χ4n) is 1.24. The third-order valence-electron chi connectivity index (χ3n) is 1.96. The SMILES string of the molecule is C[C@@H]1COc2ncccc2CN1. The van der Waals surface area contributed by atoms with E-state index in [1.807, 2.05) is 12.1 Å². The van der Waals surface area contributed by atoms with Gasteiger partial charge < -0.3 is 10.1 Å². The Morgan fingerprint density at radius 1 is 1.67 bits per heavy atom. The van der Waals surface area contributed by atoms with Crippen LogP contribution in [-0.2, 0) is 6.54 Å². The predicted molar refractivity (Wildman–Crippen MR) is 46.0 cm³/mol. The molecule has 0 unspecified atom stereocenters. The first-order chi connectivity index (χ1) is 5.86. The number of hydrogen-bond acceptors (Lipinski definition) is 3. The lowest BCUT2D eigenvalue weighted by molar-refractivity contribution is 0.278. The van der Waals surface area contributed by atoms with E-state index < -0.39 is 0 Å². The highest BCUT2D eigenvalue weighted by Gasteiger charge is 2.12. The normalized spacial score (nSPS) is 22.2. The van der Waals surface area contributed by atoms with Crippen molar-refractivity contribution < 1.29 is 4.74 Å². The molecule has 0 fully saturated rings. The summed E-state index contributed by atoms with van der Waals surface area (Å²) in [4.78, 5) is 4.15. The average Bonchev–Trinajstić information content (AvgIpc) is 2.29. The van der Waals surface area contributed by atoms with E-state index >= 15 is 0 Å². The molecule has 0 saturated carbocycles. The van der Waals surface area contributed by atoms with Crippen LogP contribution in [0.4, 0.5) is 0 Å². The minimum Gasteiger partial charge on any atom is -0.476 e.